The number of anilines is 1. The van der Waals surface area contributed by atoms with E-state index in [4.69, 9.17) is 32.7 Å². The Morgan fingerprint density at radius 2 is 1.78 bits per heavy atom. The van der Waals surface area contributed by atoms with Gasteiger partial charge in [-0.1, -0.05) is 11.6 Å². The fourth-order valence-electron chi connectivity index (χ4n) is 4.83. The molecule has 3 aromatic carbocycles. The van der Waals surface area contributed by atoms with Gasteiger partial charge in [0.15, 0.2) is 0 Å². The van der Waals surface area contributed by atoms with E-state index in [1.165, 1.54) is 12.1 Å². The Hall–Kier alpha value is -3.42. The van der Waals surface area contributed by atoms with Gasteiger partial charge in [-0.2, -0.15) is 0 Å². The van der Waals surface area contributed by atoms with E-state index in [0.29, 0.717) is 40.7 Å². The van der Waals surface area contributed by atoms with Gasteiger partial charge in [-0.25, -0.2) is 13.6 Å². The molecular weight excluding hydrogens is 571 g/mol. The summed E-state index contributed by atoms with van der Waals surface area (Å²) in [7, 11) is 0. The molecule has 41 heavy (non-hydrogen) atoms. The highest BCUT2D eigenvalue weighted by Crippen LogP contribution is 2.44. The highest BCUT2D eigenvalue weighted by Gasteiger charge is 2.23. The SMILES string of the molecule is CCOC(=O)c1cc(NC(=O)CCCCCl)cc(C2=C(c3cc(Cl)ccc3OCc3ccc(F)cc3F)CCC2)c1. The van der Waals surface area contributed by atoms with Crippen molar-refractivity contribution in [1.82, 2.24) is 0 Å². The maximum Gasteiger partial charge on any atom is 0.338 e. The second kappa shape index (κ2) is 14.5. The summed E-state index contributed by atoms with van der Waals surface area (Å²) in [5.74, 6) is -1.01. The van der Waals surface area contributed by atoms with E-state index in [-0.39, 0.29) is 24.7 Å². The number of hydrogen-bond acceptors (Lipinski definition) is 4. The fraction of sp³-hybridized carbons (Fsp3) is 0.312. The third-order valence-electron chi connectivity index (χ3n) is 6.75. The Morgan fingerprint density at radius 1 is 0.976 bits per heavy atom. The monoisotopic (exact) mass is 601 g/mol. The lowest BCUT2D eigenvalue weighted by Gasteiger charge is -2.17. The Morgan fingerprint density at radius 3 is 2.54 bits per heavy atom. The van der Waals surface area contributed by atoms with Crippen LogP contribution in [0, 0.1) is 11.6 Å². The zero-order valence-corrected chi connectivity index (χ0v) is 24.2. The lowest BCUT2D eigenvalue weighted by Crippen LogP contribution is -2.13. The molecule has 0 unspecified atom stereocenters. The molecule has 0 spiro atoms. The van der Waals surface area contributed by atoms with Gasteiger partial charge in [-0.15, -0.1) is 11.6 Å². The molecule has 0 fully saturated rings. The lowest BCUT2D eigenvalue weighted by molar-refractivity contribution is -0.116. The number of nitrogens with one attached hydrogen (secondary N) is 1. The third-order valence-corrected chi connectivity index (χ3v) is 7.25. The highest BCUT2D eigenvalue weighted by atomic mass is 35.5. The van der Waals surface area contributed by atoms with E-state index in [1.807, 2.05) is 6.07 Å². The first kappa shape index (κ1) is 30.5. The van der Waals surface area contributed by atoms with E-state index < -0.39 is 17.6 Å². The molecule has 1 aliphatic rings. The Kier molecular flexibility index (Phi) is 10.8. The van der Waals surface area contributed by atoms with Crippen LogP contribution in [0.15, 0.2) is 54.6 Å². The second-order valence-electron chi connectivity index (χ2n) is 9.69. The first-order valence-electron chi connectivity index (χ1n) is 13.6. The summed E-state index contributed by atoms with van der Waals surface area (Å²) in [6.45, 7) is 1.86. The summed E-state index contributed by atoms with van der Waals surface area (Å²) in [6.07, 6.45) is 4.01. The predicted octanol–water partition coefficient (Wildman–Crippen LogP) is 8.82. The van der Waals surface area contributed by atoms with Crippen LogP contribution >= 0.6 is 23.2 Å². The van der Waals surface area contributed by atoms with E-state index in [0.717, 1.165) is 54.0 Å². The van der Waals surface area contributed by atoms with Crippen LogP contribution in [0.1, 0.15) is 72.5 Å². The summed E-state index contributed by atoms with van der Waals surface area (Å²) in [6, 6.07) is 13.8. The standard InChI is InChI=1S/C32H31Cl2F2NO4/c1-2-40-32(39)22-14-21(15-25(16-22)37-31(38)8-3-4-13-33)26-6-5-7-27(26)28-17-23(34)10-12-30(28)41-19-20-9-11-24(35)18-29(20)36/h9-12,14-18H,2-8,13,19H2,1H3,(H,37,38). The number of esters is 1. The number of alkyl halides is 1. The van der Waals surface area contributed by atoms with E-state index in [2.05, 4.69) is 5.32 Å². The summed E-state index contributed by atoms with van der Waals surface area (Å²) < 4.78 is 38.9. The number of carbonyl (C=O) groups is 2. The smallest absolute Gasteiger partial charge is 0.338 e. The van der Waals surface area contributed by atoms with Crippen molar-refractivity contribution in [2.24, 2.45) is 0 Å². The average molecular weight is 603 g/mol. The number of halogens is 4. The maximum atomic E-state index is 14.3. The number of benzene rings is 3. The van der Waals surface area contributed by atoms with Crippen molar-refractivity contribution in [3.8, 4) is 5.75 Å². The second-order valence-corrected chi connectivity index (χ2v) is 10.5. The molecule has 216 valence electrons. The lowest BCUT2D eigenvalue weighted by atomic mass is 9.94. The van der Waals surface area contributed by atoms with Crippen molar-refractivity contribution < 1.29 is 27.8 Å². The molecule has 0 heterocycles. The van der Waals surface area contributed by atoms with E-state index in [9.17, 15) is 18.4 Å². The fourth-order valence-corrected chi connectivity index (χ4v) is 5.19. The Balaban J connectivity index is 1.71. The predicted molar refractivity (Wildman–Crippen MR) is 158 cm³/mol. The number of allylic oxidation sites excluding steroid dienone is 2. The van der Waals surface area contributed by atoms with Gasteiger partial charge in [0.05, 0.1) is 12.2 Å². The molecule has 5 nitrogen and oxygen atoms in total. The molecule has 1 amide bonds. The van der Waals surface area contributed by atoms with Crippen molar-refractivity contribution in [2.45, 2.75) is 52.1 Å². The van der Waals surface area contributed by atoms with Gasteiger partial charge in [0.1, 0.15) is 24.0 Å². The number of rotatable bonds is 12. The van der Waals surface area contributed by atoms with Gasteiger partial charge in [0.25, 0.3) is 0 Å². The van der Waals surface area contributed by atoms with Gasteiger partial charge >= 0.3 is 5.97 Å². The molecule has 3 aromatic rings. The molecule has 0 radical (unpaired) electrons. The van der Waals surface area contributed by atoms with Crippen LogP contribution < -0.4 is 10.1 Å². The summed E-state index contributed by atoms with van der Waals surface area (Å²) in [5.41, 5.74) is 4.52. The normalized spacial score (nSPS) is 12.9. The Labute approximate surface area is 248 Å². The van der Waals surface area contributed by atoms with Crippen molar-refractivity contribution in [2.75, 3.05) is 17.8 Å². The third kappa shape index (κ3) is 8.08. The molecule has 9 heteroatoms. The number of carbonyl (C=O) groups excluding carboxylic acids is 2. The van der Waals surface area contributed by atoms with Gasteiger partial charge in [0, 0.05) is 40.2 Å². The zero-order valence-electron chi connectivity index (χ0n) is 22.7. The first-order valence-corrected chi connectivity index (χ1v) is 14.5. The van der Waals surface area contributed by atoms with Crippen LogP contribution in [-0.2, 0) is 16.1 Å². The molecule has 0 bridgehead atoms. The first-order chi connectivity index (χ1) is 19.8. The van der Waals surface area contributed by atoms with Gasteiger partial charge < -0.3 is 14.8 Å². The van der Waals surface area contributed by atoms with Crippen LogP contribution in [0.4, 0.5) is 14.5 Å². The summed E-state index contributed by atoms with van der Waals surface area (Å²) in [5, 5.41) is 3.41. The molecule has 0 atom stereocenters. The number of amides is 1. The molecule has 1 N–H and O–H groups in total. The molecule has 0 aliphatic heterocycles. The minimum atomic E-state index is -0.686. The largest absolute Gasteiger partial charge is 0.488 e. The number of ether oxygens (including phenoxy) is 2. The topological polar surface area (TPSA) is 64.6 Å². The minimum Gasteiger partial charge on any atom is -0.488 e. The van der Waals surface area contributed by atoms with Crippen molar-refractivity contribution in [3.63, 3.8) is 0 Å². The van der Waals surface area contributed by atoms with Crippen LogP contribution in [0.2, 0.25) is 5.02 Å². The molecule has 0 aromatic heterocycles. The quantitative estimate of drug-likeness (QED) is 0.128. The molecule has 4 rings (SSSR count). The van der Waals surface area contributed by atoms with Gasteiger partial charge in [-0.3, -0.25) is 4.79 Å². The van der Waals surface area contributed by atoms with Gasteiger partial charge in [0.2, 0.25) is 5.91 Å². The number of hydrogen-bond donors (Lipinski definition) is 1. The van der Waals surface area contributed by atoms with Crippen molar-refractivity contribution in [1.29, 1.82) is 0 Å². The number of unbranched alkanes of at least 4 members (excludes halogenated alkanes) is 1. The van der Waals surface area contributed by atoms with Crippen LogP contribution in [0.3, 0.4) is 0 Å². The molecule has 0 saturated carbocycles. The minimum absolute atomic E-state index is 0.0956. The highest BCUT2D eigenvalue weighted by molar-refractivity contribution is 6.30. The molecular formula is C32H31Cl2F2NO4. The summed E-state index contributed by atoms with van der Waals surface area (Å²) in [4.78, 5) is 25.3. The van der Waals surface area contributed by atoms with Crippen LogP contribution in [-0.4, -0.2) is 24.4 Å². The van der Waals surface area contributed by atoms with E-state index >= 15 is 0 Å². The zero-order chi connectivity index (χ0) is 29.4. The summed E-state index contributed by atoms with van der Waals surface area (Å²) >= 11 is 12.1. The van der Waals surface area contributed by atoms with Crippen LogP contribution in [0.25, 0.3) is 11.1 Å². The molecule has 1 aliphatic carbocycles. The van der Waals surface area contributed by atoms with Crippen molar-refractivity contribution >= 4 is 51.9 Å². The Bertz CT molecular complexity index is 1460. The van der Waals surface area contributed by atoms with Crippen molar-refractivity contribution in [3.05, 3.63) is 93.5 Å². The molecule has 0 saturated heterocycles. The maximum absolute atomic E-state index is 14.3. The van der Waals surface area contributed by atoms with Gasteiger partial charge in [-0.05, 0) is 104 Å². The average Bonchev–Trinajstić information content (AvgIpc) is 3.43. The van der Waals surface area contributed by atoms with Crippen LogP contribution in [0.5, 0.6) is 5.75 Å². The van der Waals surface area contributed by atoms with E-state index in [1.54, 1.807) is 37.3 Å².